The van der Waals surface area contributed by atoms with Gasteiger partial charge in [-0.1, -0.05) is 64.5 Å². The van der Waals surface area contributed by atoms with E-state index in [0.29, 0.717) is 24.7 Å². The summed E-state index contributed by atoms with van der Waals surface area (Å²) in [7, 11) is 0. The van der Waals surface area contributed by atoms with Crippen LogP contribution in [0.25, 0.3) is 0 Å². The van der Waals surface area contributed by atoms with Crippen LogP contribution < -0.4 is 9.47 Å². The predicted octanol–water partition coefficient (Wildman–Crippen LogP) is 8.96. The normalized spacial score (nSPS) is 17.6. The summed E-state index contributed by atoms with van der Waals surface area (Å²) in [6.07, 6.45) is 10.9. The van der Waals surface area contributed by atoms with Gasteiger partial charge in [0.15, 0.2) is 17.7 Å². The van der Waals surface area contributed by atoms with Crippen molar-refractivity contribution in [3.63, 3.8) is 0 Å². The van der Waals surface area contributed by atoms with Crippen LogP contribution in [0.2, 0.25) is 0 Å². The highest BCUT2D eigenvalue weighted by Gasteiger charge is 2.27. The lowest BCUT2D eigenvalue weighted by molar-refractivity contribution is -0.157. The van der Waals surface area contributed by atoms with Gasteiger partial charge in [0.05, 0.1) is 12.2 Å². The Kier molecular flexibility index (Phi) is 14.1. The quantitative estimate of drug-likeness (QED) is 0.108. The van der Waals surface area contributed by atoms with Crippen molar-refractivity contribution in [2.24, 2.45) is 5.92 Å². The molecular formula is C34H46F2O5. The summed E-state index contributed by atoms with van der Waals surface area (Å²) in [5, 5.41) is 0. The number of benzene rings is 2. The van der Waals surface area contributed by atoms with Gasteiger partial charge in [-0.3, -0.25) is 0 Å². The second-order valence-corrected chi connectivity index (χ2v) is 11.2. The number of carbonyl (C=O) groups excluding carboxylic acids is 2. The van der Waals surface area contributed by atoms with Gasteiger partial charge in [-0.2, -0.15) is 0 Å². The van der Waals surface area contributed by atoms with Crippen LogP contribution in [0.5, 0.6) is 11.5 Å². The molecule has 2 aromatic rings. The Morgan fingerprint density at radius 1 is 0.902 bits per heavy atom. The molecule has 0 aromatic heterocycles. The molecular weight excluding hydrogens is 526 g/mol. The van der Waals surface area contributed by atoms with Crippen molar-refractivity contribution in [3.05, 3.63) is 59.4 Å². The van der Waals surface area contributed by atoms with Gasteiger partial charge in [0, 0.05) is 0 Å². The van der Waals surface area contributed by atoms with E-state index in [1.807, 2.05) is 19.1 Å². The van der Waals surface area contributed by atoms with E-state index >= 15 is 0 Å². The fourth-order valence-electron chi connectivity index (χ4n) is 5.17. The van der Waals surface area contributed by atoms with Crippen molar-refractivity contribution >= 4 is 11.9 Å². The Labute approximate surface area is 244 Å². The van der Waals surface area contributed by atoms with Crippen molar-refractivity contribution in [1.29, 1.82) is 0 Å². The molecule has 7 heteroatoms. The number of alkyl halides is 1. The molecule has 1 saturated carbocycles. The first-order valence-corrected chi connectivity index (χ1v) is 15.5. The first-order chi connectivity index (χ1) is 19.9. The molecule has 226 valence electrons. The molecule has 0 bridgehead atoms. The van der Waals surface area contributed by atoms with Crippen LogP contribution in [0.4, 0.5) is 8.78 Å². The van der Waals surface area contributed by atoms with Crippen molar-refractivity contribution in [2.75, 3.05) is 6.61 Å². The monoisotopic (exact) mass is 572 g/mol. The van der Waals surface area contributed by atoms with Crippen molar-refractivity contribution in [1.82, 2.24) is 0 Å². The standard InChI is InChI=1S/C34H46F2O5/c1-3-5-7-8-9-23-39-32-22-17-27(24-31(32)36)33(37)40-28-18-13-25(14-19-28)11-12-26-15-20-29(21-16-26)41-34(38)30(35)10-6-4-2/h13-14,17-19,22,24,26,29-30H,3-12,15-16,20-21,23H2,1-2H3/t26?,29?,30-/m0/s1. The highest BCUT2D eigenvalue weighted by Crippen LogP contribution is 2.30. The van der Waals surface area contributed by atoms with Crippen LogP contribution in [0, 0.1) is 11.7 Å². The van der Waals surface area contributed by atoms with Crippen LogP contribution in [-0.4, -0.2) is 30.8 Å². The molecule has 0 N–H and O–H groups in total. The molecule has 1 fully saturated rings. The molecule has 0 heterocycles. The minimum atomic E-state index is -1.51. The largest absolute Gasteiger partial charge is 0.491 e. The zero-order valence-corrected chi connectivity index (χ0v) is 24.7. The summed E-state index contributed by atoms with van der Waals surface area (Å²) >= 11 is 0. The summed E-state index contributed by atoms with van der Waals surface area (Å²) < 4.78 is 44.7. The first kappa shape index (κ1) is 32.6. The number of halogens is 2. The number of hydrogen-bond acceptors (Lipinski definition) is 5. The second kappa shape index (κ2) is 17.8. The summed E-state index contributed by atoms with van der Waals surface area (Å²) in [4.78, 5) is 24.5. The van der Waals surface area contributed by atoms with Crippen molar-refractivity contribution in [3.8, 4) is 11.5 Å². The van der Waals surface area contributed by atoms with E-state index in [9.17, 15) is 18.4 Å². The number of unbranched alkanes of at least 4 members (excludes halogenated alkanes) is 5. The predicted molar refractivity (Wildman–Crippen MR) is 157 cm³/mol. The molecule has 2 aromatic carbocycles. The Balaban J connectivity index is 1.37. The average Bonchev–Trinajstić information content (AvgIpc) is 2.98. The Bertz CT molecular complexity index is 1060. The summed E-state index contributed by atoms with van der Waals surface area (Å²) in [6.45, 7) is 4.58. The van der Waals surface area contributed by atoms with Crippen molar-refractivity contribution in [2.45, 2.75) is 116 Å². The summed E-state index contributed by atoms with van der Waals surface area (Å²) in [6, 6.07) is 11.5. The number of hydrogen-bond donors (Lipinski definition) is 0. The van der Waals surface area contributed by atoms with Gasteiger partial charge in [0.2, 0.25) is 0 Å². The topological polar surface area (TPSA) is 61.8 Å². The zero-order chi connectivity index (χ0) is 29.5. The van der Waals surface area contributed by atoms with Gasteiger partial charge in [-0.15, -0.1) is 0 Å². The smallest absolute Gasteiger partial charge is 0.343 e. The minimum Gasteiger partial charge on any atom is -0.491 e. The van der Waals surface area contributed by atoms with Crippen molar-refractivity contribution < 1.29 is 32.6 Å². The van der Waals surface area contributed by atoms with Gasteiger partial charge < -0.3 is 14.2 Å². The number of carbonyl (C=O) groups is 2. The minimum absolute atomic E-state index is 0.131. The van der Waals surface area contributed by atoms with E-state index in [4.69, 9.17) is 14.2 Å². The van der Waals surface area contributed by atoms with E-state index in [0.717, 1.165) is 75.8 Å². The Morgan fingerprint density at radius 2 is 1.61 bits per heavy atom. The summed E-state index contributed by atoms with van der Waals surface area (Å²) in [5.74, 6) is -0.821. The molecule has 5 nitrogen and oxygen atoms in total. The molecule has 1 atom stereocenters. The van der Waals surface area contributed by atoms with Crippen LogP contribution in [0.15, 0.2) is 42.5 Å². The van der Waals surface area contributed by atoms with E-state index in [-0.39, 0.29) is 23.8 Å². The Hall–Kier alpha value is -2.96. The maximum absolute atomic E-state index is 14.5. The van der Waals surface area contributed by atoms with Crippen LogP contribution in [0.1, 0.15) is 113 Å². The van der Waals surface area contributed by atoms with E-state index < -0.39 is 23.9 Å². The number of aryl methyl sites for hydroxylation is 1. The molecule has 1 aliphatic rings. The highest BCUT2D eigenvalue weighted by atomic mass is 19.1. The molecule has 0 amide bonds. The number of rotatable bonds is 17. The number of ether oxygens (including phenoxy) is 3. The third kappa shape index (κ3) is 11.4. The molecule has 0 aliphatic heterocycles. The fourth-order valence-corrected chi connectivity index (χ4v) is 5.17. The van der Waals surface area contributed by atoms with Crippen LogP contribution in [0.3, 0.4) is 0 Å². The van der Waals surface area contributed by atoms with E-state index in [1.54, 1.807) is 12.1 Å². The molecule has 0 radical (unpaired) electrons. The molecule has 41 heavy (non-hydrogen) atoms. The first-order valence-electron chi connectivity index (χ1n) is 15.5. The molecule has 3 rings (SSSR count). The fraction of sp³-hybridized carbons (Fsp3) is 0.588. The SMILES string of the molecule is CCCCCCCOc1ccc(C(=O)Oc2ccc(CCC3CCC(OC(=O)[C@@H](F)CCCC)CC3)cc2)cc1F. The number of esters is 2. The van der Waals surface area contributed by atoms with Gasteiger partial charge >= 0.3 is 11.9 Å². The van der Waals surface area contributed by atoms with Gasteiger partial charge in [-0.05, 0) is 93.2 Å². The zero-order valence-electron chi connectivity index (χ0n) is 24.7. The lowest BCUT2D eigenvalue weighted by atomic mass is 9.83. The third-order valence-electron chi connectivity index (χ3n) is 7.79. The maximum atomic E-state index is 14.5. The van der Waals surface area contributed by atoms with E-state index in [1.165, 1.54) is 25.0 Å². The van der Waals surface area contributed by atoms with Crippen LogP contribution in [-0.2, 0) is 16.0 Å². The van der Waals surface area contributed by atoms with Gasteiger partial charge in [0.25, 0.3) is 0 Å². The van der Waals surface area contributed by atoms with Gasteiger partial charge in [-0.25, -0.2) is 18.4 Å². The van der Waals surface area contributed by atoms with Crippen LogP contribution >= 0.6 is 0 Å². The third-order valence-corrected chi connectivity index (χ3v) is 7.79. The average molecular weight is 573 g/mol. The highest BCUT2D eigenvalue weighted by molar-refractivity contribution is 5.91. The Morgan fingerprint density at radius 3 is 2.29 bits per heavy atom. The lowest BCUT2D eigenvalue weighted by Crippen LogP contribution is -2.29. The molecule has 0 saturated heterocycles. The molecule has 1 aliphatic carbocycles. The van der Waals surface area contributed by atoms with Gasteiger partial charge in [0.1, 0.15) is 11.9 Å². The second-order valence-electron chi connectivity index (χ2n) is 11.2. The maximum Gasteiger partial charge on any atom is 0.343 e. The molecule has 0 unspecified atom stereocenters. The lowest BCUT2D eigenvalue weighted by Gasteiger charge is -2.28. The molecule has 0 spiro atoms. The summed E-state index contributed by atoms with van der Waals surface area (Å²) in [5.41, 5.74) is 1.27. The van der Waals surface area contributed by atoms with E-state index in [2.05, 4.69) is 6.92 Å².